The van der Waals surface area contributed by atoms with Gasteiger partial charge in [0.1, 0.15) is 30.4 Å². The van der Waals surface area contributed by atoms with Crippen LogP contribution >= 0.6 is 0 Å². The molecule has 3 rings (SSSR count). The van der Waals surface area contributed by atoms with Crippen LogP contribution in [0.1, 0.15) is 30.5 Å². The van der Waals surface area contributed by atoms with Crippen LogP contribution in [0.25, 0.3) is 17.2 Å². The minimum absolute atomic E-state index is 0.0451. The molecule has 0 spiro atoms. The third-order valence-corrected chi connectivity index (χ3v) is 4.88. The van der Waals surface area contributed by atoms with E-state index >= 15 is 0 Å². The molecule has 0 amide bonds. The number of ether oxygens (including phenoxy) is 1. The van der Waals surface area contributed by atoms with Gasteiger partial charge in [-0.1, -0.05) is 48.6 Å². The van der Waals surface area contributed by atoms with Crippen molar-refractivity contribution < 1.29 is 25.2 Å². The zero-order valence-electron chi connectivity index (χ0n) is 17.4. The van der Waals surface area contributed by atoms with E-state index < -0.39 is 12.2 Å². The lowest BCUT2D eigenvalue weighted by Gasteiger charge is -2.16. The van der Waals surface area contributed by atoms with Crippen molar-refractivity contribution >= 4 is 6.08 Å². The Kier molecular flexibility index (Phi) is 7.97. The SMILES string of the molecule is C[C@H](O)c1nccn1[C@@H](/C=C/c1ccc(-c2ccc(OC[C@@H](O)CO)cc2)cc1)CO. The second-order valence-electron chi connectivity index (χ2n) is 7.27. The van der Waals surface area contributed by atoms with Gasteiger partial charge in [0.25, 0.3) is 0 Å². The quantitative estimate of drug-likeness (QED) is 0.398. The topological polar surface area (TPSA) is 108 Å². The zero-order valence-corrected chi connectivity index (χ0v) is 17.4. The molecule has 0 unspecified atom stereocenters. The van der Waals surface area contributed by atoms with Crippen molar-refractivity contribution in [2.24, 2.45) is 0 Å². The standard InChI is InChI=1S/C24H28N2O5/c1-17(29)24-25-12-13-26(24)21(14-27)9-4-18-2-5-19(6-3-18)20-7-10-23(11-8-20)31-16-22(30)15-28/h2-13,17,21-22,27-30H,14-16H2,1H3/b9-4+/t17-,21-,22-/m0/s1. The van der Waals surface area contributed by atoms with Crippen LogP contribution in [-0.2, 0) is 0 Å². The van der Waals surface area contributed by atoms with Crippen LogP contribution in [0.5, 0.6) is 5.75 Å². The first kappa shape index (κ1) is 22.7. The summed E-state index contributed by atoms with van der Waals surface area (Å²) in [5.41, 5.74) is 3.06. The molecule has 0 aliphatic heterocycles. The highest BCUT2D eigenvalue weighted by atomic mass is 16.5. The number of aliphatic hydroxyl groups is 4. The monoisotopic (exact) mass is 424 g/mol. The Morgan fingerprint density at radius 1 is 0.968 bits per heavy atom. The fraction of sp³-hybridized carbons (Fsp3) is 0.292. The van der Waals surface area contributed by atoms with Crippen molar-refractivity contribution in [3.8, 4) is 16.9 Å². The molecule has 4 N–H and O–H groups in total. The van der Waals surface area contributed by atoms with Gasteiger partial charge in [-0.25, -0.2) is 4.98 Å². The van der Waals surface area contributed by atoms with E-state index in [0.717, 1.165) is 16.7 Å². The first-order valence-electron chi connectivity index (χ1n) is 10.1. The summed E-state index contributed by atoms with van der Waals surface area (Å²) in [4.78, 5) is 4.15. The molecule has 0 aliphatic carbocycles. The lowest BCUT2D eigenvalue weighted by Crippen LogP contribution is -2.21. The smallest absolute Gasteiger partial charge is 0.137 e. The summed E-state index contributed by atoms with van der Waals surface area (Å²) < 4.78 is 7.19. The van der Waals surface area contributed by atoms with E-state index in [1.54, 1.807) is 23.9 Å². The number of benzene rings is 2. The molecule has 1 heterocycles. The minimum Gasteiger partial charge on any atom is -0.491 e. The molecule has 31 heavy (non-hydrogen) atoms. The maximum atomic E-state index is 9.83. The highest BCUT2D eigenvalue weighted by Gasteiger charge is 2.14. The molecule has 1 aromatic heterocycles. The molecule has 0 saturated heterocycles. The minimum atomic E-state index is -0.891. The molecular weight excluding hydrogens is 396 g/mol. The van der Waals surface area contributed by atoms with Crippen LogP contribution in [0.15, 0.2) is 67.0 Å². The van der Waals surface area contributed by atoms with E-state index in [1.165, 1.54) is 0 Å². The average Bonchev–Trinajstić information content (AvgIpc) is 3.29. The van der Waals surface area contributed by atoms with Gasteiger partial charge in [-0.15, -0.1) is 0 Å². The number of hydrogen-bond acceptors (Lipinski definition) is 6. The van der Waals surface area contributed by atoms with E-state index in [-0.39, 0.29) is 25.9 Å². The van der Waals surface area contributed by atoms with Crippen molar-refractivity contribution in [1.82, 2.24) is 9.55 Å². The fourth-order valence-corrected chi connectivity index (χ4v) is 3.17. The molecular formula is C24H28N2O5. The fourth-order valence-electron chi connectivity index (χ4n) is 3.17. The summed E-state index contributed by atoms with van der Waals surface area (Å²) in [6, 6.07) is 15.2. The second kappa shape index (κ2) is 10.9. The lowest BCUT2D eigenvalue weighted by molar-refractivity contribution is 0.0536. The molecule has 0 radical (unpaired) electrons. The Labute approximate surface area is 181 Å². The van der Waals surface area contributed by atoms with Gasteiger partial charge >= 0.3 is 0 Å². The first-order chi connectivity index (χ1) is 15.0. The van der Waals surface area contributed by atoms with Crippen molar-refractivity contribution in [2.75, 3.05) is 19.8 Å². The van der Waals surface area contributed by atoms with Crippen molar-refractivity contribution in [3.63, 3.8) is 0 Å². The predicted molar refractivity (Wildman–Crippen MR) is 118 cm³/mol. The number of imidazole rings is 1. The molecule has 7 nitrogen and oxygen atoms in total. The highest BCUT2D eigenvalue weighted by Crippen LogP contribution is 2.24. The lowest BCUT2D eigenvalue weighted by atomic mass is 10.0. The van der Waals surface area contributed by atoms with E-state index in [4.69, 9.17) is 9.84 Å². The first-order valence-corrected chi connectivity index (χ1v) is 10.1. The van der Waals surface area contributed by atoms with E-state index in [2.05, 4.69) is 4.98 Å². The summed E-state index contributed by atoms with van der Waals surface area (Å²) in [7, 11) is 0. The molecule has 3 aromatic rings. The van der Waals surface area contributed by atoms with Crippen LogP contribution < -0.4 is 4.74 Å². The van der Waals surface area contributed by atoms with Crippen molar-refractivity contribution in [3.05, 3.63) is 78.4 Å². The van der Waals surface area contributed by atoms with Gasteiger partial charge in [0, 0.05) is 12.4 Å². The van der Waals surface area contributed by atoms with E-state index in [1.807, 2.05) is 60.7 Å². The maximum absolute atomic E-state index is 9.83. The van der Waals surface area contributed by atoms with Crippen LogP contribution in [0.2, 0.25) is 0 Å². The van der Waals surface area contributed by atoms with Crippen LogP contribution in [-0.4, -0.2) is 55.9 Å². The van der Waals surface area contributed by atoms with Crippen LogP contribution in [0, 0.1) is 0 Å². The summed E-state index contributed by atoms with van der Waals surface area (Å²) in [5.74, 6) is 1.14. The normalized spacial score (nSPS) is 14.5. The Hall–Kier alpha value is -2.97. The Balaban J connectivity index is 1.66. The molecule has 164 valence electrons. The van der Waals surface area contributed by atoms with Gasteiger partial charge in [-0.3, -0.25) is 0 Å². The Bertz CT molecular complexity index is 964. The number of nitrogens with zero attached hydrogens (tertiary/aromatic N) is 2. The summed E-state index contributed by atoms with van der Waals surface area (Å²) in [6.45, 7) is 1.26. The molecule has 2 aromatic carbocycles. The van der Waals surface area contributed by atoms with E-state index in [0.29, 0.717) is 11.6 Å². The maximum Gasteiger partial charge on any atom is 0.137 e. The summed E-state index contributed by atoms with van der Waals surface area (Å²) in [5, 5.41) is 37.8. The Morgan fingerprint density at radius 3 is 2.19 bits per heavy atom. The van der Waals surface area contributed by atoms with E-state index in [9.17, 15) is 15.3 Å². The predicted octanol–water partition coefficient (Wildman–Crippen LogP) is 2.58. The molecule has 0 saturated carbocycles. The number of hydrogen-bond donors (Lipinski definition) is 4. The summed E-state index contributed by atoms with van der Waals surface area (Å²) >= 11 is 0. The van der Waals surface area contributed by atoms with Gasteiger partial charge in [0.15, 0.2) is 0 Å². The number of rotatable bonds is 10. The second-order valence-corrected chi connectivity index (χ2v) is 7.27. The number of aliphatic hydroxyl groups excluding tert-OH is 4. The summed E-state index contributed by atoms with van der Waals surface area (Å²) in [6.07, 6.45) is 5.56. The van der Waals surface area contributed by atoms with Gasteiger partial charge in [0.05, 0.1) is 19.3 Å². The molecule has 0 fully saturated rings. The van der Waals surface area contributed by atoms with Crippen molar-refractivity contribution in [2.45, 2.75) is 25.2 Å². The van der Waals surface area contributed by atoms with Gasteiger partial charge in [0.2, 0.25) is 0 Å². The van der Waals surface area contributed by atoms with Gasteiger partial charge in [-0.2, -0.15) is 0 Å². The average molecular weight is 424 g/mol. The molecule has 7 heteroatoms. The zero-order chi connectivity index (χ0) is 22.2. The molecule has 0 aliphatic rings. The van der Waals surface area contributed by atoms with Crippen LogP contribution in [0.4, 0.5) is 0 Å². The third-order valence-electron chi connectivity index (χ3n) is 4.88. The number of aromatic nitrogens is 2. The Morgan fingerprint density at radius 2 is 1.61 bits per heavy atom. The molecule has 3 atom stereocenters. The highest BCUT2D eigenvalue weighted by molar-refractivity contribution is 5.66. The third kappa shape index (κ3) is 6.02. The van der Waals surface area contributed by atoms with Gasteiger partial charge < -0.3 is 29.7 Å². The molecule has 0 bridgehead atoms. The largest absolute Gasteiger partial charge is 0.491 e. The van der Waals surface area contributed by atoms with Gasteiger partial charge in [-0.05, 0) is 35.7 Å². The van der Waals surface area contributed by atoms with Crippen LogP contribution in [0.3, 0.4) is 0 Å². The van der Waals surface area contributed by atoms with Crippen molar-refractivity contribution in [1.29, 1.82) is 0 Å².